The summed E-state index contributed by atoms with van der Waals surface area (Å²) in [4.78, 5) is 13.3. The molecular formula is C24H28N2O2. The van der Waals surface area contributed by atoms with Crippen molar-refractivity contribution >= 4 is 22.4 Å². The Kier molecular flexibility index (Phi) is 3.18. The number of fused-ring (bicyclic) bond motifs is 1. The van der Waals surface area contributed by atoms with Gasteiger partial charge >= 0.3 is 0 Å². The van der Waals surface area contributed by atoms with Gasteiger partial charge < -0.3 is 5.11 Å². The van der Waals surface area contributed by atoms with Gasteiger partial charge in [0.05, 0.1) is 17.3 Å². The lowest BCUT2D eigenvalue weighted by atomic mass is 9.52. The summed E-state index contributed by atoms with van der Waals surface area (Å²) in [5.41, 5.74) is 0.105. The van der Waals surface area contributed by atoms with Crippen molar-refractivity contribution in [3.05, 3.63) is 42.5 Å². The third kappa shape index (κ3) is 2.13. The van der Waals surface area contributed by atoms with Gasteiger partial charge in [-0.25, -0.2) is 5.01 Å². The van der Waals surface area contributed by atoms with Crippen LogP contribution in [-0.2, 0) is 4.79 Å². The number of carbonyl (C=O) groups is 1. The van der Waals surface area contributed by atoms with Gasteiger partial charge in [0, 0.05) is 0 Å². The van der Waals surface area contributed by atoms with Crippen LogP contribution in [0.25, 0.3) is 10.8 Å². The van der Waals surface area contributed by atoms with Crippen LogP contribution in [0.15, 0.2) is 42.5 Å². The summed E-state index contributed by atoms with van der Waals surface area (Å²) < 4.78 is 0. The number of benzene rings is 2. The first-order chi connectivity index (χ1) is 13.4. The Morgan fingerprint density at radius 1 is 0.964 bits per heavy atom. The quantitative estimate of drug-likeness (QED) is 0.857. The molecule has 1 saturated heterocycles. The van der Waals surface area contributed by atoms with E-state index in [1.807, 2.05) is 13.8 Å². The molecule has 0 spiro atoms. The van der Waals surface area contributed by atoms with E-state index in [9.17, 15) is 9.90 Å². The van der Waals surface area contributed by atoms with Crippen molar-refractivity contribution in [1.82, 2.24) is 5.01 Å². The monoisotopic (exact) mass is 376 g/mol. The number of hydrazine groups is 1. The maximum atomic E-state index is 13.3. The van der Waals surface area contributed by atoms with Crippen molar-refractivity contribution in [2.24, 2.45) is 17.8 Å². The highest BCUT2D eigenvalue weighted by molar-refractivity contribution is 5.99. The van der Waals surface area contributed by atoms with Crippen molar-refractivity contribution < 1.29 is 9.90 Å². The molecular weight excluding hydrogens is 348 g/mol. The summed E-state index contributed by atoms with van der Waals surface area (Å²) in [5, 5.41) is 17.7. The highest BCUT2D eigenvalue weighted by atomic mass is 16.3. The number of hydrogen-bond acceptors (Lipinski definition) is 3. The molecule has 3 unspecified atom stereocenters. The highest BCUT2D eigenvalue weighted by Crippen LogP contribution is 2.58. The SMILES string of the molecule is CC1(C)C(=O)N(C2[C@@H]3CC4C[C@H]2CC(O)(C4)C3)N1c1ccc2ccccc2c1. The second-order valence-corrected chi connectivity index (χ2v) is 10.2. The molecule has 2 aromatic carbocycles. The molecule has 4 bridgehead atoms. The molecule has 146 valence electrons. The Hall–Kier alpha value is -2.07. The lowest BCUT2D eigenvalue weighted by Crippen LogP contribution is -2.80. The average molecular weight is 377 g/mol. The Labute approximate surface area is 166 Å². The summed E-state index contributed by atoms with van der Waals surface area (Å²) in [6.07, 6.45) is 5.03. The summed E-state index contributed by atoms with van der Waals surface area (Å²) in [6, 6.07) is 15.1. The van der Waals surface area contributed by atoms with Crippen molar-refractivity contribution in [2.45, 2.75) is 63.1 Å². The molecule has 1 N–H and O–H groups in total. The van der Waals surface area contributed by atoms with E-state index >= 15 is 0 Å². The Bertz CT molecular complexity index is 967. The predicted octanol–water partition coefficient (Wildman–Crippen LogP) is 4.12. The van der Waals surface area contributed by atoms with E-state index in [0.717, 1.165) is 24.9 Å². The minimum atomic E-state index is -0.520. The zero-order valence-electron chi connectivity index (χ0n) is 16.6. The van der Waals surface area contributed by atoms with Crippen molar-refractivity contribution in [3.8, 4) is 0 Å². The predicted molar refractivity (Wildman–Crippen MR) is 110 cm³/mol. The van der Waals surface area contributed by atoms with Crippen LogP contribution in [0.5, 0.6) is 0 Å². The van der Waals surface area contributed by atoms with E-state index in [1.54, 1.807) is 0 Å². The molecule has 5 atom stereocenters. The van der Waals surface area contributed by atoms with E-state index < -0.39 is 11.1 Å². The van der Waals surface area contributed by atoms with Gasteiger partial charge in [-0.15, -0.1) is 0 Å². The molecule has 1 aliphatic heterocycles. The first-order valence-corrected chi connectivity index (χ1v) is 10.7. The van der Waals surface area contributed by atoms with Gasteiger partial charge in [0.25, 0.3) is 5.91 Å². The minimum absolute atomic E-state index is 0.227. The summed E-state index contributed by atoms with van der Waals surface area (Å²) in [5.74, 6) is 1.74. The lowest BCUT2D eigenvalue weighted by Gasteiger charge is -2.67. The molecule has 1 heterocycles. The molecule has 28 heavy (non-hydrogen) atoms. The topological polar surface area (TPSA) is 43.8 Å². The van der Waals surface area contributed by atoms with Crippen LogP contribution in [0.3, 0.4) is 0 Å². The van der Waals surface area contributed by atoms with Gasteiger partial charge in [-0.2, -0.15) is 0 Å². The molecule has 4 aliphatic carbocycles. The largest absolute Gasteiger partial charge is 0.390 e. The Morgan fingerprint density at radius 3 is 2.32 bits per heavy atom. The number of hydrogen-bond donors (Lipinski definition) is 1. The van der Waals surface area contributed by atoms with E-state index in [0.29, 0.717) is 17.8 Å². The number of aliphatic hydroxyl groups is 1. The van der Waals surface area contributed by atoms with Crippen LogP contribution >= 0.6 is 0 Å². The smallest absolute Gasteiger partial charge is 0.268 e. The molecule has 5 aliphatic rings. The van der Waals surface area contributed by atoms with Crippen molar-refractivity contribution in [1.29, 1.82) is 0 Å². The van der Waals surface area contributed by atoms with Crippen molar-refractivity contribution in [2.75, 3.05) is 5.01 Å². The molecule has 7 rings (SSSR count). The van der Waals surface area contributed by atoms with E-state index in [-0.39, 0.29) is 11.9 Å². The fraction of sp³-hybridized carbons (Fsp3) is 0.542. The molecule has 4 saturated carbocycles. The second-order valence-electron chi connectivity index (χ2n) is 10.2. The molecule has 1 amide bonds. The maximum Gasteiger partial charge on any atom is 0.268 e. The zero-order chi connectivity index (χ0) is 19.3. The number of anilines is 1. The number of rotatable bonds is 2. The van der Waals surface area contributed by atoms with Crippen LogP contribution in [0, 0.1) is 17.8 Å². The van der Waals surface area contributed by atoms with Crippen LogP contribution in [0.4, 0.5) is 5.69 Å². The molecule has 4 nitrogen and oxygen atoms in total. The number of amides is 1. The van der Waals surface area contributed by atoms with Gasteiger partial charge in [-0.05, 0) is 86.6 Å². The fourth-order valence-electron chi connectivity index (χ4n) is 7.06. The molecule has 5 fully saturated rings. The van der Waals surface area contributed by atoms with Crippen molar-refractivity contribution in [3.63, 3.8) is 0 Å². The Balaban J connectivity index is 1.40. The molecule has 4 heteroatoms. The van der Waals surface area contributed by atoms with E-state index in [2.05, 4.69) is 52.5 Å². The third-order valence-corrected chi connectivity index (χ3v) is 7.93. The van der Waals surface area contributed by atoms with Gasteiger partial charge in [-0.3, -0.25) is 9.80 Å². The molecule has 2 aromatic rings. The molecule has 0 aromatic heterocycles. The first-order valence-electron chi connectivity index (χ1n) is 10.7. The normalized spacial score (nSPS) is 38.2. The number of carbonyl (C=O) groups excluding carboxylic acids is 1. The third-order valence-electron chi connectivity index (χ3n) is 7.93. The maximum absolute atomic E-state index is 13.3. The standard InChI is InChI=1S/C24H28N2O2/c1-23(2)22(27)25(21-18-9-15-10-19(21)14-24(28,12-15)13-18)26(23)20-8-7-16-5-3-4-6-17(16)11-20/h3-8,11,15,18-19,21,28H,9-10,12-14H2,1-2H3/t15?,18-,19+,21?,24?. The summed E-state index contributed by atoms with van der Waals surface area (Å²) in [7, 11) is 0. The van der Waals surface area contributed by atoms with Gasteiger partial charge in [0.15, 0.2) is 0 Å². The van der Waals surface area contributed by atoms with Gasteiger partial charge in [0.1, 0.15) is 5.54 Å². The fourth-order valence-corrected chi connectivity index (χ4v) is 7.06. The van der Waals surface area contributed by atoms with Crippen LogP contribution in [0.1, 0.15) is 46.0 Å². The Morgan fingerprint density at radius 2 is 1.64 bits per heavy atom. The van der Waals surface area contributed by atoms with E-state index in [1.165, 1.54) is 23.6 Å². The zero-order valence-corrected chi connectivity index (χ0v) is 16.6. The van der Waals surface area contributed by atoms with Crippen LogP contribution < -0.4 is 5.01 Å². The molecule has 0 radical (unpaired) electrons. The minimum Gasteiger partial charge on any atom is -0.390 e. The highest BCUT2D eigenvalue weighted by Gasteiger charge is 2.63. The first kappa shape index (κ1) is 16.8. The van der Waals surface area contributed by atoms with E-state index in [4.69, 9.17) is 0 Å². The van der Waals surface area contributed by atoms with Gasteiger partial charge in [-0.1, -0.05) is 30.3 Å². The summed E-state index contributed by atoms with van der Waals surface area (Å²) >= 11 is 0. The average Bonchev–Trinajstić information content (AvgIpc) is 2.64. The van der Waals surface area contributed by atoms with Gasteiger partial charge in [0.2, 0.25) is 0 Å². The van der Waals surface area contributed by atoms with Crippen LogP contribution in [-0.4, -0.2) is 33.2 Å². The lowest BCUT2D eigenvalue weighted by molar-refractivity contribution is -0.190. The number of nitrogens with zero attached hydrogens (tertiary/aromatic N) is 2. The van der Waals surface area contributed by atoms with Crippen LogP contribution in [0.2, 0.25) is 0 Å². The second kappa shape index (κ2) is 5.29. The summed E-state index contributed by atoms with van der Waals surface area (Å²) in [6.45, 7) is 4.06.